The number of aliphatic hydroxyl groups is 1. The highest BCUT2D eigenvalue weighted by atomic mass is 16.6. The third-order valence-corrected chi connectivity index (χ3v) is 8.09. The summed E-state index contributed by atoms with van der Waals surface area (Å²) in [7, 11) is 1.93. The summed E-state index contributed by atoms with van der Waals surface area (Å²) in [4.78, 5) is 62.1. The van der Waals surface area contributed by atoms with E-state index in [9.17, 15) is 34.2 Å². The van der Waals surface area contributed by atoms with E-state index in [0.29, 0.717) is 37.0 Å². The molecule has 0 saturated carbocycles. The van der Waals surface area contributed by atoms with Crippen LogP contribution in [0.5, 0.6) is 5.75 Å². The van der Waals surface area contributed by atoms with Gasteiger partial charge in [-0.25, -0.2) is 9.59 Å². The Bertz CT molecular complexity index is 1290. The number of nitrogens with zero attached hydrogens (tertiary/aromatic N) is 1. The normalized spacial score (nSPS) is 30.1. The number of benzene rings is 1. The number of likely N-dealkylation sites (tertiary alicyclic amines) is 1. The summed E-state index contributed by atoms with van der Waals surface area (Å²) in [5.74, 6) is -4.72. The van der Waals surface area contributed by atoms with Crippen LogP contribution in [-0.4, -0.2) is 88.8 Å². The molecule has 6 atom stereocenters. The molecule has 0 amide bonds. The van der Waals surface area contributed by atoms with E-state index in [1.165, 1.54) is 6.08 Å². The number of likely N-dealkylation sites (N-methyl/N-ethyl adjacent to an activating group) is 1. The third-order valence-electron chi connectivity index (χ3n) is 8.09. The lowest BCUT2D eigenvalue weighted by Crippen LogP contribution is -2.74. The van der Waals surface area contributed by atoms with Gasteiger partial charge in [-0.05, 0) is 44.1 Å². The zero-order valence-corrected chi connectivity index (χ0v) is 21.0. The molecular formula is C26H27NO11. The fourth-order valence-corrected chi connectivity index (χ4v) is 6.57. The average molecular weight is 529 g/mol. The number of hydrogen-bond acceptors (Lipinski definition) is 11. The first-order valence-electron chi connectivity index (χ1n) is 12.1. The van der Waals surface area contributed by atoms with E-state index in [2.05, 4.69) is 4.90 Å². The van der Waals surface area contributed by atoms with Gasteiger partial charge in [0.25, 0.3) is 0 Å². The second kappa shape index (κ2) is 8.91. The predicted octanol–water partition coefficient (Wildman–Crippen LogP) is 0.268. The minimum absolute atomic E-state index is 0.0204. The highest BCUT2D eigenvalue weighted by molar-refractivity contribution is 5.89. The van der Waals surface area contributed by atoms with Crippen molar-refractivity contribution in [3.8, 4) is 5.75 Å². The van der Waals surface area contributed by atoms with Gasteiger partial charge in [0.05, 0.1) is 16.6 Å². The topological polar surface area (TPSA) is 166 Å². The van der Waals surface area contributed by atoms with Crippen LogP contribution in [0.3, 0.4) is 0 Å². The van der Waals surface area contributed by atoms with Gasteiger partial charge in [-0.2, -0.15) is 0 Å². The summed E-state index contributed by atoms with van der Waals surface area (Å²) in [6.45, 7) is 2.51. The second-order valence-electron chi connectivity index (χ2n) is 10.1. The van der Waals surface area contributed by atoms with Crippen molar-refractivity contribution in [2.75, 3.05) is 13.6 Å². The SMILES string of the molecule is CC(=O)O[C@@H](C(=O)O)[C@@H](OC(C)=O)C(=O)OC1=CC[C@@]2(O)[C@H]3Cc4ccc(C=O)c5c4[C@@]2(CCN3C)[C@H]1O5. The smallest absolute Gasteiger partial charge is 0.357 e. The van der Waals surface area contributed by atoms with Crippen molar-refractivity contribution in [3.05, 3.63) is 40.7 Å². The van der Waals surface area contributed by atoms with E-state index in [1.807, 2.05) is 13.1 Å². The molecule has 12 nitrogen and oxygen atoms in total. The number of carbonyl (C=O) groups excluding carboxylic acids is 4. The maximum atomic E-state index is 13.2. The van der Waals surface area contributed by atoms with Crippen molar-refractivity contribution >= 4 is 30.2 Å². The monoisotopic (exact) mass is 529 g/mol. The van der Waals surface area contributed by atoms with Crippen LogP contribution in [0.4, 0.5) is 0 Å². The summed E-state index contributed by atoms with van der Waals surface area (Å²) in [6, 6.07) is 3.22. The number of rotatable bonds is 7. The summed E-state index contributed by atoms with van der Waals surface area (Å²) in [5, 5.41) is 21.7. The fraction of sp³-hybridized carbons (Fsp3) is 0.500. The Morgan fingerprint density at radius 1 is 1.16 bits per heavy atom. The molecule has 1 fully saturated rings. The van der Waals surface area contributed by atoms with Crippen molar-refractivity contribution in [1.29, 1.82) is 0 Å². The highest BCUT2D eigenvalue weighted by Crippen LogP contribution is 2.64. The fourth-order valence-electron chi connectivity index (χ4n) is 6.57. The van der Waals surface area contributed by atoms with E-state index < -0.39 is 53.2 Å². The van der Waals surface area contributed by atoms with Gasteiger partial charge in [-0.15, -0.1) is 0 Å². The van der Waals surface area contributed by atoms with E-state index in [-0.39, 0.29) is 23.8 Å². The number of piperidine rings is 1. The molecule has 2 heterocycles. The van der Waals surface area contributed by atoms with E-state index >= 15 is 0 Å². The van der Waals surface area contributed by atoms with Crippen molar-refractivity contribution < 1.29 is 53.1 Å². The predicted molar refractivity (Wildman–Crippen MR) is 125 cm³/mol. The van der Waals surface area contributed by atoms with Crippen LogP contribution >= 0.6 is 0 Å². The molecule has 0 aromatic heterocycles. The summed E-state index contributed by atoms with van der Waals surface area (Å²) in [6.07, 6.45) is -2.08. The van der Waals surface area contributed by atoms with Crippen molar-refractivity contribution in [1.82, 2.24) is 4.90 Å². The lowest BCUT2D eigenvalue weighted by Gasteiger charge is -2.61. The number of ether oxygens (including phenoxy) is 4. The molecule has 2 bridgehead atoms. The van der Waals surface area contributed by atoms with Crippen LogP contribution in [0.2, 0.25) is 0 Å². The first-order chi connectivity index (χ1) is 17.9. The first kappa shape index (κ1) is 25.9. The van der Waals surface area contributed by atoms with Gasteiger partial charge in [-0.3, -0.25) is 14.4 Å². The van der Waals surface area contributed by atoms with E-state index in [0.717, 1.165) is 19.4 Å². The van der Waals surface area contributed by atoms with Crippen LogP contribution in [0.25, 0.3) is 0 Å². The summed E-state index contributed by atoms with van der Waals surface area (Å²) < 4.78 is 21.5. The van der Waals surface area contributed by atoms with Gasteiger partial charge >= 0.3 is 23.9 Å². The molecule has 0 radical (unpaired) electrons. The van der Waals surface area contributed by atoms with Gasteiger partial charge in [0.1, 0.15) is 11.5 Å². The Labute approximate surface area is 217 Å². The zero-order chi connectivity index (χ0) is 27.6. The number of carbonyl (C=O) groups is 5. The molecule has 1 aromatic carbocycles. The lowest BCUT2D eigenvalue weighted by molar-refractivity contribution is -0.190. The quantitative estimate of drug-likeness (QED) is 0.282. The molecule has 5 rings (SSSR count). The zero-order valence-electron chi connectivity index (χ0n) is 21.0. The highest BCUT2D eigenvalue weighted by Gasteiger charge is 2.72. The number of aliphatic carboxylic acids is 1. The minimum Gasteiger partial charge on any atom is -0.480 e. The number of carboxylic acids is 1. The molecule has 0 unspecified atom stereocenters. The molecule has 1 aromatic rings. The van der Waals surface area contributed by atoms with Crippen LogP contribution in [0, 0.1) is 0 Å². The van der Waals surface area contributed by atoms with Crippen LogP contribution in [-0.2, 0) is 45.2 Å². The van der Waals surface area contributed by atoms with Crippen LogP contribution < -0.4 is 4.74 Å². The number of hydrogen-bond donors (Lipinski definition) is 2. The largest absolute Gasteiger partial charge is 0.480 e. The Hall–Kier alpha value is -3.77. The van der Waals surface area contributed by atoms with Gasteiger partial charge in [0, 0.05) is 31.9 Å². The number of carboxylic acid groups (broad SMARTS) is 1. The van der Waals surface area contributed by atoms with Gasteiger partial charge in [0.15, 0.2) is 12.4 Å². The second-order valence-corrected chi connectivity index (χ2v) is 10.1. The number of esters is 3. The lowest BCUT2D eigenvalue weighted by atomic mass is 9.50. The van der Waals surface area contributed by atoms with Gasteiger partial charge in [0.2, 0.25) is 12.2 Å². The molecule has 2 aliphatic carbocycles. The summed E-state index contributed by atoms with van der Waals surface area (Å²) in [5.41, 5.74) is -0.440. The third kappa shape index (κ3) is 3.54. The average Bonchev–Trinajstić information content (AvgIpc) is 3.20. The van der Waals surface area contributed by atoms with Crippen LogP contribution in [0.15, 0.2) is 24.0 Å². The molecule has 4 aliphatic rings. The molecule has 1 spiro atoms. The standard InChI is InChI=1S/C26H27NO11/c1-12(29)35-20(23(31)32)21(36-13(2)30)24(33)37-16-6-7-26(34)17-10-14-4-5-15(11-28)19-18(14)25(26,22(16)38-19)8-9-27(17)3/h4-6,11,17,20-22,34H,7-10H2,1-3H3,(H,31,32)/t17-,20-,21-,22+,25+,26-/m1/s1. The molecular weight excluding hydrogens is 502 g/mol. The Kier molecular flexibility index (Phi) is 6.07. The van der Waals surface area contributed by atoms with Crippen LogP contribution in [0.1, 0.15) is 48.2 Å². The molecule has 2 N–H and O–H groups in total. The number of aldehydes is 1. The maximum absolute atomic E-state index is 13.2. The molecule has 2 aliphatic heterocycles. The van der Waals surface area contributed by atoms with Gasteiger partial charge in [-0.1, -0.05) is 6.07 Å². The molecule has 1 saturated heterocycles. The Morgan fingerprint density at radius 3 is 2.47 bits per heavy atom. The first-order valence-corrected chi connectivity index (χ1v) is 12.1. The van der Waals surface area contributed by atoms with Crippen molar-refractivity contribution in [2.24, 2.45) is 0 Å². The summed E-state index contributed by atoms with van der Waals surface area (Å²) >= 11 is 0. The molecule has 12 heteroatoms. The van der Waals surface area contributed by atoms with Crippen molar-refractivity contribution in [3.63, 3.8) is 0 Å². The Balaban J connectivity index is 1.56. The maximum Gasteiger partial charge on any atom is 0.357 e. The molecule has 202 valence electrons. The van der Waals surface area contributed by atoms with Crippen molar-refractivity contribution in [2.45, 2.75) is 68.5 Å². The van der Waals surface area contributed by atoms with E-state index in [4.69, 9.17) is 18.9 Å². The van der Waals surface area contributed by atoms with Gasteiger partial charge < -0.3 is 34.1 Å². The Morgan fingerprint density at radius 2 is 1.84 bits per heavy atom. The minimum atomic E-state index is -2.15. The molecule has 38 heavy (non-hydrogen) atoms. The van der Waals surface area contributed by atoms with E-state index in [1.54, 1.807) is 6.07 Å².